The summed E-state index contributed by atoms with van der Waals surface area (Å²) in [5.41, 5.74) is 3.79. The molecule has 0 unspecified atom stereocenters. The van der Waals surface area contributed by atoms with E-state index in [9.17, 15) is 4.79 Å². The lowest BCUT2D eigenvalue weighted by molar-refractivity contribution is -0.136. The van der Waals surface area contributed by atoms with Crippen LogP contribution in [0.2, 0.25) is 0 Å². The Morgan fingerprint density at radius 1 is 1.04 bits per heavy atom. The number of carboxylic acids is 1. The number of carbonyl (C=O) groups is 1. The van der Waals surface area contributed by atoms with Gasteiger partial charge in [-0.2, -0.15) is 0 Å². The van der Waals surface area contributed by atoms with Crippen LogP contribution in [0.5, 0.6) is 11.5 Å². The summed E-state index contributed by atoms with van der Waals surface area (Å²) in [6.07, 6.45) is 1.74. The predicted molar refractivity (Wildman–Crippen MR) is 93.7 cm³/mol. The molecule has 2 aromatic rings. The molecule has 2 aromatic carbocycles. The molecule has 0 spiro atoms. The average Bonchev–Trinajstić information content (AvgIpc) is 2.52. The molecule has 2 rings (SSSR count). The van der Waals surface area contributed by atoms with Gasteiger partial charge in [-0.3, -0.25) is 4.79 Å². The van der Waals surface area contributed by atoms with Gasteiger partial charge < -0.3 is 14.6 Å². The first-order chi connectivity index (χ1) is 11.5. The van der Waals surface area contributed by atoms with Gasteiger partial charge in [0.05, 0.1) is 6.42 Å². The van der Waals surface area contributed by atoms with E-state index in [1.54, 1.807) is 12.1 Å². The molecule has 0 atom stereocenters. The molecule has 0 fully saturated rings. The van der Waals surface area contributed by atoms with E-state index >= 15 is 0 Å². The van der Waals surface area contributed by atoms with Crippen molar-refractivity contribution in [1.82, 2.24) is 0 Å². The van der Waals surface area contributed by atoms with Crippen molar-refractivity contribution in [2.24, 2.45) is 0 Å². The summed E-state index contributed by atoms with van der Waals surface area (Å²) < 4.78 is 11.4. The van der Waals surface area contributed by atoms with Crippen molar-refractivity contribution in [2.45, 2.75) is 26.9 Å². The van der Waals surface area contributed by atoms with Crippen LogP contribution in [0.25, 0.3) is 0 Å². The molecular weight excluding hydrogens is 304 g/mol. The topological polar surface area (TPSA) is 55.8 Å². The third-order valence-corrected chi connectivity index (χ3v) is 3.59. The second-order valence-electron chi connectivity index (χ2n) is 5.66. The zero-order valence-electron chi connectivity index (χ0n) is 14.0. The zero-order chi connectivity index (χ0) is 17.5. The molecule has 4 nitrogen and oxygen atoms in total. The van der Waals surface area contributed by atoms with E-state index in [-0.39, 0.29) is 6.42 Å². The predicted octanol–water partition coefficient (Wildman–Crippen LogP) is 4.07. The van der Waals surface area contributed by atoms with Crippen molar-refractivity contribution in [3.63, 3.8) is 0 Å². The Hall–Kier alpha value is -2.75. The molecule has 126 valence electrons. The minimum Gasteiger partial charge on any atom is -0.489 e. The number of ether oxygens (including phenoxy) is 2. The van der Waals surface area contributed by atoms with Gasteiger partial charge in [-0.05, 0) is 54.3 Å². The highest BCUT2D eigenvalue weighted by Gasteiger charge is 2.06. The molecule has 0 radical (unpaired) electrons. The van der Waals surface area contributed by atoms with Crippen LogP contribution in [-0.4, -0.2) is 17.7 Å². The second kappa shape index (κ2) is 8.20. The van der Waals surface area contributed by atoms with Gasteiger partial charge in [0.15, 0.2) is 0 Å². The Bertz CT molecular complexity index is 734. The number of benzene rings is 2. The van der Waals surface area contributed by atoms with E-state index in [4.69, 9.17) is 14.6 Å². The second-order valence-corrected chi connectivity index (χ2v) is 5.66. The lowest BCUT2D eigenvalue weighted by Crippen LogP contribution is -2.02. The molecule has 0 saturated heterocycles. The van der Waals surface area contributed by atoms with Crippen LogP contribution >= 0.6 is 0 Å². The summed E-state index contributed by atoms with van der Waals surface area (Å²) in [6, 6.07) is 11.4. The Kier molecular flexibility index (Phi) is 6.01. The maximum atomic E-state index is 10.8. The summed E-state index contributed by atoms with van der Waals surface area (Å²) in [7, 11) is 0. The van der Waals surface area contributed by atoms with Gasteiger partial charge in [-0.15, -0.1) is 0 Å². The molecule has 4 heteroatoms. The molecule has 1 N–H and O–H groups in total. The van der Waals surface area contributed by atoms with Gasteiger partial charge in [0.25, 0.3) is 0 Å². The van der Waals surface area contributed by atoms with Crippen molar-refractivity contribution in [3.8, 4) is 11.5 Å². The van der Waals surface area contributed by atoms with E-state index in [0.29, 0.717) is 13.2 Å². The van der Waals surface area contributed by atoms with E-state index in [1.165, 1.54) is 0 Å². The molecule has 0 saturated carbocycles. The number of hydrogen-bond donors (Lipinski definition) is 1. The average molecular weight is 326 g/mol. The number of hydrogen-bond acceptors (Lipinski definition) is 3. The largest absolute Gasteiger partial charge is 0.489 e. The van der Waals surface area contributed by atoms with Crippen LogP contribution in [-0.2, 0) is 17.8 Å². The van der Waals surface area contributed by atoms with E-state index < -0.39 is 5.97 Å². The molecule has 0 bridgehead atoms. The first-order valence-corrected chi connectivity index (χ1v) is 7.77. The molecule has 24 heavy (non-hydrogen) atoms. The van der Waals surface area contributed by atoms with E-state index in [0.717, 1.165) is 33.8 Å². The Morgan fingerprint density at radius 2 is 1.62 bits per heavy atom. The van der Waals surface area contributed by atoms with Gasteiger partial charge in [0.1, 0.15) is 24.7 Å². The van der Waals surface area contributed by atoms with Crippen molar-refractivity contribution in [1.29, 1.82) is 0 Å². The van der Waals surface area contributed by atoms with Crippen LogP contribution in [0.1, 0.15) is 22.3 Å². The molecular formula is C20H22O4. The van der Waals surface area contributed by atoms with Gasteiger partial charge in [0.2, 0.25) is 0 Å². The lowest BCUT2D eigenvalue weighted by atomic mass is 10.1. The summed E-state index contributed by atoms with van der Waals surface area (Å²) in [5.74, 6) is 0.763. The zero-order valence-corrected chi connectivity index (χ0v) is 14.0. The van der Waals surface area contributed by atoms with Crippen LogP contribution < -0.4 is 9.47 Å². The van der Waals surface area contributed by atoms with Gasteiger partial charge in [0, 0.05) is 0 Å². The monoisotopic (exact) mass is 326 g/mol. The van der Waals surface area contributed by atoms with Crippen LogP contribution in [0.3, 0.4) is 0 Å². The van der Waals surface area contributed by atoms with E-state index in [1.807, 2.05) is 44.2 Å². The number of carboxylic acid groups (broad SMARTS) is 1. The van der Waals surface area contributed by atoms with Crippen molar-refractivity contribution in [2.75, 3.05) is 6.61 Å². The van der Waals surface area contributed by atoms with Crippen LogP contribution in [0, 0.1) is 13.8 Å². The Labute approximate surface area is 142 Å². The maximum absolute atomic E-state index is 10.8. The molecule has 0 heterocycles. The SMILES string of the molecule is C=CCOc1ccc(COc2ccc(CC(=O)O)cc2C)cc1C. The van der Waals surface area contributed by atoms with E-state index in [2.05, 4.69) is 6.58 Å². The third-order valence-electron chi connectivity index (χ3n) is 3.59. The van der Waals surface area contributed by atoms with Crippen molar-refractivity contribution < 1.29 is 19.4 Å². The normalized spacial score (nSPS) is 10.2. The first-order valence-electron chi connectivity index (χ1n) is 7.77. The van der Waals surface area contributed by atoms with Gasteiger partial charge >= 0.3 is 5.97 Å². The fourth-order valence-corrected chi connectivity index (χ4v) is 2.43. The smallest absolute Gasteiger partial charge is 0.307 e. The summed E-state index contributed by atoms with van der Waals surface area (Å²) in [5, 5.41) is 8.83. The first kappa shape index (κ1) is 17.6. The van der Waals surface area contributed by atoms with Crippen molar-refractivity contribution in [3.05, 3.63) is 71.3 Å². The highest BCUT2D eigenvalue weighted by molar-refractivity contribution is 5.70. The molecule has 0 aliphatic carbocycles. The fraction of sp³-hybridized carbons (Fsp3) is 0.250. The Morgan fingerprint density at radius 3 is 2.21 bits per heavy atom. The lowest BCUT2D eigenvalue weighted by Gasteiger charge is -2.12. The number of aliphatic carboxylic acids is 1. The molecule has 0 amide bonds. The molecule has 0 aromatic heterocycles. The van der Waals surface area contributed by atoms with Crippen molar-refractivity contribution >= 4 is 5.97 Å². The third kappa shape index (κ3) is 4.88. The highest BCUT2D eigenvalue weighted by Crippen LogP contribution is 2.23. The molecule has 0 aliphatic heterocycles. The van der Waals surface area contributed by atoms with Gasteiger partial charge in [-0.25, -0.2) is 0 Å². The summed E-state index contributed by atoms with van der Waals surface area (Å²) in [4.78, 5) is 10.8. The molecule has 0 aliphatic rings. The summed E-state index contributed by atoms with van der Waals surface area (Å²) >= 11 is 0. The minimum absolute atomic E-state index is 0.0203. The van der Waals surface area contributed by atoms with Gasteiger partial charge in [-0.1, -0.05) is 30.9 Å². The van der Waals surface area contributed by atoms with Crippen LogP contribution in [0.4, 0.5) is 0 Å². The van der Waals surface area contributed by atoms with Crippen LogP contribution in [0.15, 0.2) is 49.1 Å². The minimum atomic E-state index is -0.836. The quantitative estimate of drug-likeness (QED) is 0.743. The number of aryl methyl sites for hydroxylation is 2. The summed E-state index contributed by atoms with van der Waals surface area (Å²) in [6.45, 7) is 8.48. The Balaban J connectivity index is 2.01. The number of rotatable bonds is 8. The maximum Gasteiger partial charge on any atom is 0.307 e. The highest BCUT2D eigenvalue weighted by atomic mass is 16.5. The fourth-order valence-electron chi connectivity index (χ4n) is 2.43. The standard InChI is InChI=1S/C20H22O4/c1-4-9-23-18-8-6-17(11-15(18)3)13-24-19-7-5-16(10-14(19)2)12-20(21)22/h4-8,10-11H,1,9,12-13H2,2-3H3,(H,21,22).